The summed E-state index contributed by atoms with van der Waals surface area (Å²) in [7, 11) is 0. The van der Waals surface area contributed by atoms with Crippen LogP contribution in [0.4, 0.5) is 0 Å². The van der Waals surface area contributed by atoms with Gasteiger partial charge in [0.25, 0.3) is 0 Å². The maximum atomic E-state index is 5.62. The Morgan fingerprint density at radius 2 is 0.531 bits per heavy atom. The average molecular weight is 800 g/mol. The van der Waals surface area contributed by atoms with Crippen molar-refractivity contribution in [3.8, 4) is 0 Å². The molecule has 0 spiro atoms. The minimum Gasteiger partial charge on any atom is -0.762 e. The fourth-order valence-corrected chi connectivity index (χ4v) is 7.55. The molecule has 11 heteroatoms. The van der Waals surface area contributed by atoms with Crippen molar-refractivity contribution in [1.29, 1.82) is 0 Å². The Balaban J connectivity index is 0.000000216. The third kappa shape index (κ3) is 10.6. The molecule has 0 bridgehead atoms. The van der Waals surface area contributed by atoms with Crippen LogP contribution in [0, 0.1) is 9.54 Å². The van der Waals surface area contributed by atoms with Crippen LogP contribution < -0.4 is 0 Å². The van der Waals surface area contributed by atoms with Gasteiger partial charge in [0.15, 0.2) is 9.54 Å². The molecule has 0 aliphatic rings. The van der Waals surface area contributed by atoms with Gasteiger partial charge >= 0.3 is 0 Å². The first kappa shape index (κ1) is 38.9. The van der Waals surface area contributed by atoms with Crippen LogP contribution in [0.2, 0.25) is 0 Å². The van der Waals surface area contributed by atoms with E-state index in [1.54, 1.807) is 0 Å². The second-order valence-corrected chi connectivity index (χ2v) is 13.6. The van der Waals surface area contributed by atoms with Crippen molar-refractivity contribution >= 4 is 75.0 Å². The summed E-state index contributed by atoms with van der Waals surface area (Å²) < 4.78 is 9.43. The van der Waals surface area contributed by atoms with Crippen molar-refractivity contribution in [2.75, 3.05) is 0 Å². The van der Waals surface area contributed by atoms with E-state index >= 15 is 0 Å². The van der Waals surface area contributed by atoms with Gasteiger partial charge in [0, 0.05) is 42.7 Å². The molecule has 0 aliphatic heterocycles. The molecule has 0 aliphatic carbocycles. The van der Waals surface area contributed by atoms with Gasteiger partial charge in [-0.05, 0) is 72.4 Å². The molecule has 0 N–H and O–H groups in total. The molecule has 0 atom stereocenters. The van der Waals surface area contributed by atoms with E-state index in [1.807, 2.05) is 91.1 Å². The molecule has 0 fully saturated rings. The van der Waals surface area contributed by atoms with Crippen molar-refractivity contribution in [2.24, 2.45) is 0 Å². The van der Waals surface area contributed by atoms with Gasteiger partial charge < -0.3 is 68.8 Å². The number of aromatic nitrogens is 4. The van der Waals surface area contributed by atoms with Crippen LogP contribution in [0.25, 0.3) is 0 Å². The van der Waals surface area contributed by atoms with Gasteiger partial charge in [-0.2, -0.15) is 0 Å². The maximum absolute atomic E-state index is 5.62. The summed E-state index contributed by atoms with van der Waals surface area (Å²) in [6.45, 7) is 3.07. The number of rotatable bonds is 12. The van der Waals surface area contributed by atoms with Crippen molar-refractivity contribution in [3.05, 3.63) is 153 Å². The molecule has 6 rings (SSSR count). The van der Waals surface area contributed by atoms with Crippen molar-refractivity contribution in [3.63, 3.8) is 0 Å². The van der Waals surface area contributed by atoms with Gasteiger partial charge in [0.1, 0.15) is 0 Å². The van der Waals surface area contributed by atoms with E-state index in [0.29, 0.717) is 20.1 Å². The molecule has 258 valence electrons. The van der Waals surface area contributed by atoms with E-state index in [-0.39, 0.29) is 16.5 Å². The summed E-state index contributed by atoms with van der Waals surface area (Å²) in [6, 6.07) is 41.4. The number of hydrogen-bond acceptors (Lipinski definition) is 6. The van der Waals surface area contributed by atoms with Gasteiger partial charge in [0.2, 0.25) is 0 Å². The minimum atomic E-state index is 0. The third-order valence-electron chi connectivity index (χ3n) is 8.14. The predicted octanol–water partition coefficient (Wildman–Crippen LogP) is 8.63. The van der Waals surface area contributed by atoms with E-state index in [4.69, 9.17) is 75.0 Å². The molecular weight excluding hydrogens is 764 g/mol. The van der Waals surface area contributed by atoms with Crippen LogP contribution in [-0.2, 0) is 119 Å². The zero-order chi connectivity index (χ0) is 33.9. The molecule has 0 amide bonds. The largest absolute Gasteiger partial charge is 0.762 e. The molecule has 6 aromatic rings. The van der Waals surface area contributed by atoms with Gasteiger partial charge in [-0.1, -0.05) is 121 Å². The Morgan fingerprint density at radius 3 is 0.714 bits per heavy atom. The number of imidazole rings is 2. The van der Waals surface area contributed by atoms with Crippen molar-refractivity contribution in [2.45, 2.75) is 72.0 Å². The summed E-state index contributed by atoms with van der Waals surface area (Å²) in [6.07, 6.45) is 3.60. The Kier molecular flexibility index (Phi) is 15.5. The maximum Gasteiger partial charge on any atom is 0.176 e. The number of hydrogen-bond donors (Lipinski definition) is 0. The monoisotopic (exact) mass is 798 g/mol. The molecule has 0 unspecified atom stereocenters. The molecule has 0 radical (unpaired) electrons. The van der Waals surface area contributed by atoms with Crippen LogP contribution >= 0.6 is 24.4 Å². The molecule has 0 saturated carbocycles. The van der Waals surface area contributed by atoms with Crippen LogP contribution in [0.15, 0.2) is 141 Å². The van der Waals surface area contributed by atoms with E-state index in [9.17, 15) is 0 Å². The van der Waals surface area contributed by atoms with E-state index in [0.717, 1.165) is 61.4 Å². The Bertz CT molecular complexity index is 1720. The van der Waals surface area contributed by atoms with E-state index in [2.05, 4.69) is 48.5 Å². The fourth-order valence-electron chi connectivity index (χ4n) is 5.43. The Labute approximate surface area is 332 Å². The topological polar surface area (TPSA) is 19.7 Å². The summed E-state index contributed by atoms with van der Waals surface area (Å²) >= 11 is 33.3. The number of benzene rings is 4. The molecule has 0 saturated heterocycles. The number of nitrogens with zero attached hydrogens (tertiary/aromatic N) is 4. The van der Waals surface area contributed by atoms with Crippen molar-refractivity contribution in [1.82, 2.24) is 18.3 Å². The average Bonchev–Trinajstić information content (AvgIpc) is 3.46. The van der Waals surface area contributed by atoms with Gasteiger partial charge in [-0.25, -0.2) is 0 Å². The van der Waals surface area contributed by atoms with Crippen LogP contribution in [-0.4, -0.2) is 18.3 Å². The Morgan fingerprint density at radius 1 is 0.347 bits per heavy atom. The molecule has 2 aromatic heterocycles. The molecule has 2 heterocycles. The third-order valence-corrected chi connectivity index (χ3v) is 10.9. The first-order valence-electron chi connectivity index (χ1n) is 15.8. The number of aryl methyl sites for hydroxylation is 4. The quantitative estimate of drug-likeness (QED) is 0.0697. The van der Waals surface area contributed by atoms with Crippen LogP contribution in [0.1, 0.15) is 22.3 Å². The van der Waals surface area contributed by atoms with Crippen LogP contribution in [0.3, 0.4) is 0 Å². The zero-order valence-corrected chi connectivity index (χ0v) is 32.6. The zero-order valence-electron chi connectivity index (χ0n) is 26.8. The Hall–Kier alpha value is -2.89. The molecule has 4 aromatic carbocycles. The van der Waals surface area contributed by atoms with Crippen molar-refractivity contribution < 1.29 is 16.5 Å². The summed E-state index contributed by atoms with van der Waals surface area (Å²) in [5, 5.41) is 2.72. The smallest absolute Gasteiger partial charge is 0.176 e. The molecule has 4 nitrogen and oxygen atoms in total. The molecular formula is C38H36N4NiS6-4. The predicted molar refractivity (Wildman–Crippen MR) is 210 cm³/mol. The van der Waals surface area contributed by atoms with Gasteiger partial charge in [-0.15, -0.1) is 20.1 Å². The molecule has 49 heavy (non-hydrogen) atoms. The van der Waals surface area contributed by atoms with Gasteiger partial charge in [0.05, 0.1) is 0 Å². The van der Waals surface area contributed by atoms with Crippen LogP contribution in [0.5, 0.6) is 0 Å². The van der Waals surface area contributed by atoms with Gasteiger partial charge in [-0.3, -0.25) is 0 Å². The second kappa shape index (κ2) is 19.5. The normalized spacial score (nSPS) is 10.6. The van der Waals surface area contributed by atoms with E-state index < -0.39 is 0 Å². The standard InChI is InChI=1S/2C19H20N2S3.Ni/c2*22-17-18(23)21(14-12-16-9-5-2-6-10-16)19(24)20(17)13-11-15-7-3-1-4-8-15;/h2*1-10,22-23H,11-14H2;/p-4. The van der Waals surface area contributed by atoms with E-state index in [1.165, 1.54) is 22.3 Å². The minimum absolute atomic E-state index is 0. The first-order valence-corrected chi connectivity index (χ1v) is 18.3. The fraction of sp³-hybridized carbons (Fsp3) is 0.211. The second-order valence-electron chi connectivity index (χ2n) is 11.3. The summed E-state index contributed by atoms with van der Waals surface area (Å²) in [4.78, 5) is 0. The first-order chi connectivity index (χ1) is 23.3. The summed E-state index contributed by atoms with van der Waals surface area (Å²) in [5.41, 5.74) is 5.10. The SMILES string of the molecule is S=c1n(CCc2ccccc2)c([S-])c([S-])n1CCc1ccccc1.S=c1n(CCc2ccccc2)c([S-])c([S-])n1CCc1ccccc1.[Ni]. The summed E-state index contributed by atoms with van der Waals surface area (Å²) in [5.74, 6) is 0.